The molecule has 7 unspecified atom stereocenters. The number of phosphoric acid groups is 1. The van der Waals surface area contributed by atoms with Gasteiger partial charge in [0.25, 0.3) is 0 Å². The molecule has 0 aromatic heterocycles. The summed E-state index contributed by atoms with van der Waals surface area (Å²) in [5, 5.41) is 50.2. The average Bonchev–Trinajstić information content (AvgIpc) is 3.25. The first kappa shape index (κ1) is 58.1. The summed E-state index contributed by atoms with van der Waals surface area (Å²) in [6, 6.07) is 0. The van der Waals surface area contributed by atoms with Crippen LogP contribution in [-0.2, 0) is 32.7 Å². The Balaban J connectivity index is 2.39. The van der Waals surface area contributed by atoms with Crippen LogP contribution < -0.4 is 0 Å². The van der Waals surface area contributed by atoms with E-state index >= 15 is 0 Å². The van der Waals surface area contributed by atoms with E-state index in [1.54, 1.807) is 0 Å². The molecule has 1 aliphatic carbocycles. The van der Waals surface area contributed by atoms with E-state index in [0.717, 1.165) is 57.8 Å². The fourth-order valence-corrected chi connectivity index (χ4v) is 8.38. The van der Waals surface area contributed by atoms with Gasteiger partial charge >= 0.3 is 19.8 Å². The van der Waals surface area contributed by atoms with Crippen LogP contribution in [0.3, 0.4) is 0 Å². The number of unbranched alkanes of at least 4 members (excludes halogenated alkanes) is 24. The lowest BCUT2D eigenvalue weighted by Crippen LogP contribution is -2.64. The van der Waals surface area contributed by atoms with Gasteiger partial charge < -0.3 is 39.9 Å². The smallest absolute Gasteiger partial charge is 0.462 e. The molecule has 0 spiro atoms. The second-order valence-electron chi connectivity index (χ2n) is 17.0. The second kappa shape index (κ2) is 38.3. The normalized spacial score (nSPS) is 22.1. The van der Waals surface area contributed by atoms with Crippen molar-refractivity contribution in [1.82, 2.24) is 0 Å². The van der Waals surface area contributed by atoms with Crippen molar-refractivity contribution >= 4 is 19.8 Å². The van der Waals surface area contributed by atoms with Crippen LogP contribution in [-0.4, -0.2) is 98.3 Å². The first-order valence-electron chi connectivity index (χ1n) is 24.3. The zero-order valence-electron chi connectivity index (χ0n) is 38.4. The largest absolute Gasteiger partial charge is 0.472 e. The fourth-order valence-electron chi connectivity index (χ4n) is 7.41. The van der Waals surface area contributed by atoms with Gasteiger partial charge in [-0.1, -0.05) is 192 Å². The Hall–Kier alpha value is -1.93. The van der Waals surface area contributed by atoms with E-state index in [4.69, 9.17) is 18.5 Å². The summed E-state index contributed by atoms with van der Waals surface area (Å²) in [5.74, 6) is -1.12. The van der Waals surface area contributed by atoms with E-state index in [1.807, 2.05) is 24.3 Å². The molecule has 13 nitrogen and oxygen atoms in total. The number of allylic oxidation sites excluding steroid dienone is 6. The van der Waals surface area contributed by atoms with Crippen molar-refractivity contribution in [2.24, 2.45) is 0 Å². The minimum absolute atomic E-state index is 0.0751. The third kappa shape index (κ3) is 30.3. The zero-order valence-corrected chi connectivity index (χ0v) is 39.3. The molecule has 0 saturated heterocycles. The summed E-state index contributed by atoms with van der Waals surface area (Å²) in [6.07, 6.45) is 30.6. The molecule has 1 saturated carbocycles. The Labute approximate surface area is 374 Å². The number of carbonyl (C=O) groups is 2. The average molecular weight is 903 g/mol. The maximum Gasteiger partial charge on any atom is 0.472 e. The summed E-state index contributed by atoms with van der Waals surface area (Å²) in [7, 11) is -5.12. The van der Waals surface area contributed by atoms with Gasteiger partial charge in [-0.3, -0.25) is 18.6 Å². The topological polar surface area (TPSA) is 210 Å². The van der Waals surface area contributed by atoms with Gasteiger partial charge in [0.05, 0.1) is 6.61 Å². The van der Waals surface area contributed by atoms with E-state index in [9.17, 15) is 44.6 Å². The summed E-state index contributed by atoms with van der Waals surface area (Å²) in [6.45, 7) is 3.16. The standard InChI is InChI=1S/C48H87O13P/c1-3-5-7-9-11-13-15-17-18-19-20-21-22-23-25-26-28-30-32-34-36-41(49)58-38-40(39-59-62(56,57)61-48-46(54)44(52)43(51)45(53)47(48)55)60-42(50)37-35-33-31-29-27-24-16-14-12-10-8-6-4-2/h6,8,10,12,14,16,40,43-48,51-55H,3-5,7,9,11,13,15,17-39H2,1-2H3,(H,56,57)/b8-6+,12-10+,16-14+/t40?,43?,44-,45?,46?,47?,48?/m0/s1. The van der Waals surface area contributed by atoms with Crippen molar-refractivity contribution in [3.05, 3.63) is 36.5 Å². The van der Waals surface area contributed by atoms with Gasteiger partial charge in [-0.2, -0.15) is 0 Å². The van der Waals surface area contributed by atoms with Gasteiger partial charge in [0.2, 0.25) is 0 Å². The van der Waals surface area contributed by atoms with Crippen molar-refractivity contribution < 1.29 is 63.1 Å². The molecule has 8 atom stereocenters. The van der Waals surface area contributed by atoms with Crippen LogP contribution in [0.25, 0.3) is 0 Å². The highest BCUT2D eigenvalue weighted by Crippen LogP contribution is 2.47. The van der Waals surface area contributed by atoms with Crippen LogP contribution in [0.2, 0.25) is 0 Å². The molecular weight excluding hydrogens is 815 g/mol. The fraction of sp³-hybridized carbons (Fsp3) is 0.833. The number of phosphoric ester groups is 1. The van der Waals surface area contributed by atoms with Crippen LogP contribution in [0.15, 0.2) is 36.5 Å². The molecule has 62 heavy (non-hydrogen) atoms. The molecule has 6 N–H and O–H groups in total. The molecule has 0 aromatic carbocycles. The van der Waals surface area contributed by atoms with Crippen molar-refractivity contribution in [3.8, 4) is 0 Å². The molecule has 0 bridgehead atoms. The summed E-state index contributed by atoms with van der Waals surface area (Å²) < 4.78 is 33.5. The number of ether oxygens (including phenoxy) is 2. The highest BCUT2D eigenvalue weighted by Gasteiger charge is 2.51. The van der Waals surface area contributed by atoms with Gasteiger partial charge in [0, 0.05) is 12.8 Å². The summed E-state index contributed by atoms with van der Waals surface area (Å²) in [4.78, 5) is 35.7. The maximum absolute atomic E-state index is 12.8. The van der Waals surface area contributed by atoms with Gasteiger partial charge in [-0.25, -0.2) is 4.57 Å². The number of carbonyl (C=O) groups excluding carboxylic acids is 2. The first-order valence-corrected chi connectivity index (χ1v) is 25.8. The zero-order chi connectivity index (χ0) is 45.7. The van der Waals surface area contributed by atoms with E-state index < -0.39 is 75.7 Å². The molecule has 1 rings (SSSR count). The van der Waals surface area contributed by atoms with Gasteiger partial charge in [0.15, 0.2) is 6.10 Å². The Kier molecular flexibility index (Phi) is 35.9. The minimum atomic E-state index is -5.12. The predicted molar refractivity (Wildman–Crippen MR) is 244 cm³/mol. The molecule has 0 heterocycles. The lowest BCUT2D eigenvalue weighted by atomic mass is 9.85. The van der Waals surface area contributed by atoms with Crippen molar-refractivity contribution in [3.63, 3.8) is 0 Å². The van der Waals surface area contributed by atoms with Crippen LogP contribution >= 0.6 is 7.82 Å². The Bertz CT molecular complexity index is 1230. The summed E-state index contributed by atoms with van der Waals surface area (Å²) in [5.41, 5.74) is 0. The van der Waals surface area contributed by atoms with E-state index in [-0.39, 0.29) is 12.8 Å². The highest BCUT2D eigenvalue weighted by atomic mass is 31.2. The Morgan fingerprint density at radius 3 is 1.39 bits per heavy atom. The van der Waals surface area contributed by atoms with Gasteiger partial charge in [-0.15, -0.1) is 0 Å². The van der Waals surface area contributed by atoms with E-state index in [1.165, 1.54) is 103 Å². The van der Waals surface area contributed by atoms with Crippen molar-refractivity contribution in [2.75, 3.05) is 13.2 Å². The van der Waals surface area contributed by atoms with E-state index in [0.29, 0.717) is 12.8 Å². The molecule has 0 amide bonds. The van der Waals surface area contributed by atoms with Gasteiger partial charge in [-0.05, 0) is 32.1 Å². The van der Waals surface area contributed by atoms with Crippen LogP contribution in [0.1, 0.15) is 200 Å². The molecule has 0 aromatic rings. The lowest BCUT2D eigenvalue weighted by Gasteiger charge is -2.41. The number of aliphatic hydroxyl groups excluding tert-OH is 5. The third-order valence-electron chi connectivity index (χ3n) is 11.3. The molecule has 0 radical (unpaired) electrons. The predicted octanol–water partition coefficient (Wildman–Crippen LogP) is 9.78. The van der Waals surface area contributed by atoms with Gasteiger partial charge in [0.1, 0.15) is 43.2 Å². The van der Waals surface area contributed by atoms with E-state index in [2.05, 4.69) is 26.0 Å². The second-order valence-corrected chi connectivity index (χ2v) is 18.4. The van der Waals surface area contributed by atoms with Crippen LogP contribution in [0, 0.1) is 0 Å². The SMILES string of the molecule is CC/C=C/C=C/C=C/CCCCCCCC(=O)OC(COC(=O)CCCCCCCCCCCCCCCCCCCCCC)COP(=O)(O)OC1C(O)C(O)C(O)[C@H](O)C1O. The molecule has 0 aliphatic heterocycles. The molecular formula is C48H87O13P. The molecule has 1 aliphatic rings. The Morgan fingerprint density at radius 2 is 0.919 bits per heavy atom. The first-order chi connectivity index (χ1) is 29.9. The Morgan fingerprint density at radius 1 is 0.516 bits per heavy atom. The summed E-state index contributed by atoms with van der Waals surface area (Å²) >= 11 is 0. The quantitative estimate of drug-likeness (QED) is 0.0147. The number of esters is 2. The number of rotatable bonds is 40. The number of hydrogen-bond acceptors (Lipinski definition) is 12. The maximum atomic E-state index is 12.8. The van der Waals surface area contributed by atoms with Crippen LogP contribution in [0.4, 0.5) is 0 Å². The van der Waals surface area contributed by atoms with Crippen molar-refractivity contribution in [1.29, 1.82) is 0 Å². The monoisotopic (exact) mass is 903 g/mol. The van der Waals surface area contributed by atoms with Crippen LogP contribution in [0.5, 0.6) is 0 Å². The third-order valence-corrected chi connectivity index (χ3v) is 12.3. The molecule has 362 valence electrons. The number of aliphatic hydroxyl groups is 5. The molecule has 1 fully saturated rings. The minimum Gasteiger partial charge on any atom is -0.462 e. The number of hydrogen-bond donors (Lipinski definition) is 6. The van der Waals surface area contributed by atoms with Crippen molar-refractivity contribution in [2.45, 2.75) is 243 Å². The highest BCUT2D eigenvalue weighted by molar-refractivity contribution is 7.47. The molecule has 14 heteroatoms. The lowest BCUT2D eigenvalue weighted by molar-refractivity contribution is -0.220.